The van der Waals surface area contributed by atoms with Crippen LogP contribution in [-0.2, 0) is 28.6 Å². The first-order valence-corrected chi connectivity index (χ1v) is 28.6. The van der Waals surface area contributed by atoms with Crippen molar-refractivity contribution in [1.29, 1.82) is 0 Å². The topological polar surface area (TPSA) is 78.9 Å². The van der Waals surface area contributed by atoms with Crippen LogP contribution in [0.15, 0.2) is 85.1 Å². The molecule has 0 N–H and O–H groups in total. The summed E-state index contributed by atoms with van der Waals surface area (Å²) in [7, 11) is 0. The van der Waals surface area contributed by atoms with Gasteiger partial charge in [0, 0.05) is 19.3 Å². The van der Waals surface area contributed by atoms with Crippen molar-refractivity contribution in [1.82, 2.24) is 0 Å². The predicted octanol–water partition coefficient (Wildman–Crippen LogP) is 19.2. The van der Waals surface area contributed by atoms with Crippen LogP contribution < -0.4 is 0 Å². The highest BCUT2D eigenvalue weighted by Crippen LogP contribution is 2.16. The lowest BCUT2D eigenvalue weighted by Crippen LogP contribution is -2.30. The summed E-state index contributed by atoms with van der Waals surface area (Å²) in [6.07, 6.45) is 72.9. The first kappa shape index (κ1) is 64.6. The lowest BCUT2D eigenvalue weighted by Gasteiger charge is -2.18. The zero-order valence-corrected chi connectivity index (χ0v) is 44.6. The van der Waals surface area contributed by atoms with E-state index in [2.05, 4.69) is 106 Å². The number of hydrogen-bond donors (Lipinski definition) is 0. The van der Waals surface area contributed by atoms with Crippen LogP contribution in [0.5, 0.6) is 0 Å². The third kappa shape index (κ3) is 53.5. The van der Waals surface area contributed by atoms with Crippen LogP contribution in [0.25, 0.3) is 0 Å². The molecule has 0 saturated heterocycles. The fourth-order valence-corrected chi connectivity index (χ4v) is 7.92. The lowest BCUT2D eigenvalue weighted by atomic mass is 10.0. The van der Waals surface area contributed by atoms with Gasteiger partial charge in [0.05, 0.1) is 0 Å². The van der Waals surface area contributed by atoms with E-state index in [1.165, 1.54) is 116 Å². The SMILES string of the molecule is CC/C=C\C/C=C\C/C=C\C/C=C\C/C=C\CCCCCC(=O)OCC(COC(=O)CCCCCCCCC/C=C\C/C=C\CC)OC(=O)CCCCCCCCCCCCCCCCCCC. The Kier molecular flexibility index (Phi) is 53.4. The summed E-state index contributed by atoms with van der Waals surface area (Å²) in [4.78, 5) is 38.1. The molecule has 0 spiro atoms. The molecule has 6 nitrogen and oxygen atoms in total. The van der Waals surface area contributed by atoms with Gasteiger partial charge in [-0.2, -0.15) is 0 Å². The summed E-state index contributed by atoms with van der Waals surface area (Å²) in [5.74, 6) is -0.923. The van der Waals surface area contributed by atoms with Crippen LogP contribution in [0.3, 0.4) is 0 Å². The van der Waals surface area contributed by atoms with E-state index in [9.17, 15) is 14.4 Å². The van der Waals surface area contributed by atoms with Crippen LogP contribution in [-0.4, -0.2) is 37.2 Å². The van der Waals surface area contributed by atoms with E-state index < -0.39 is 6.10 Å². The van der Waals surface area contributed by atoms with Gasteiger partial charge >= 0.3 is 17.9 Å². The maximum absolute atomic E-state index is 12.9. The van der Waals surface area contributed by atoms with Gasteiger partial charge in [0.15, 0.2) is 6.10 Å². The highest BCUT2D eigenvalue weighted by atomic mass is 16.6. The third-order valence-corrected chi connectivity index (χ3v) is 12.1. The van der Waals surface area contributed by atoms with E-state index >= 15 is 0 Å². The molecule has 1 atom stereocenters. The summed E-state index contributed by atoms with van der Waals surface area (Å²) in [5.41, 5.74) is 0. The van der Waals surface area contributed by atoms with Crippen molar-refractivity contribution in [2.75, 3.05) is 13.2 Å². The van der Waals surface area contributed by atoms with Crippen LogP contribution in [0.4, 0.5) is 0 Å². The second-order valence-corrected chi connectivity index (χ2v) is 18.8. The Morgan fingerprint density at radius 3 is 0.912 bits per heavy atom. The van der Waals surface area contributed by atoms with E-state index in [4.69, 9.17) is 14.2 Å². The molecular formula is C62H106O6. The summed E-state index contributed by atoms with van der Waals surface area (Å²) < 4.78 is 16.8. The molecule has 390 valence electrons. The van der Waals surface area contributed by atoms with E-state index in [-0.39, 0.29) is 31.1 Å². The number of carbonyl (C=O) groups is 3. The van der Waals surface area contributed by atoms with Crippen LogP contribution in [0.2, 0.25) is 0 Å². The average molecular weight is 948 g/mol. The number of hydrogen-bond acceptors (Lipinski definition) is 6. The van der Waals surface area contributed by atoms with Gasteiger partial charge in [-0.15, -0.1) is 0 Å². The standard InChI is InChI=1S/C62H106O6/c1-4-7-10-13-16-19-22-25-28-30-31-33-34-37-40-43-46-49-52-55-61(64)67-58-59(57-66-60(63)54-51-48-45-42-39-36-27-24-21-18-15-12-9-6-3)68-62(65)56-53-50-47-44-41-38-35-32-29-26-23-20-17-14-11-8-5-2/h7,9-10,12,16,18-19,21,25,28,31,33,37,40,59H,4-6,8,11,13-15,17,20,22-24,26-27,29-30,32,34-36,38-39,41-58H2,1-3H3/b10-7-,12-9-,19-16-,21-18-,28-25-,33-31-,40-37-. The molecule has 0 radical (unpaired) electrons. The highest BCUT2D eigenvalue weighted by molar-refractivity contribution is 5.71. The zero-order valence-electron chi connectivity index (χ0n) is 44.6. The number of carbonyl (C=O) groups excluding carboxylic acids is 3. The van der Waals surface area contributed by atoms with Crippen LogP contribution in [0, 0.1) is 0 Å². The summed E-state index contributed by atoms with van der Waals surface area (Å²) in [6.45, 7) is 6.41. The molecular weight excluding hydrogens is 841 g/mol. The van der Waals surface area contributed by atoms with Crippen LogP contribution in [0.1, 0.15) is 271 Å². The maximum Gasteiger partial charge on any atom is 0.306 e. The van der Waals surface area contributed by atoms with Crippen molar-refractivity contribution in [2.45, 2.75) is 277 Å². The number of esters is 3. The Morgan fingerprint density at radius 2 is 0.574 bits per heavy atom. The van der Waals surface area contributed by atoms with E-state index in [1.807, 2.05) is 0 Å². The number of unbranched alkanes of at least 4 members (excludes halogenated alkanes) is 26. The first-order chi connectivity index (χ1) is 33.5. The number of ether oxygens (including phenoxy) is 3. The smallest absolute Gasteiger partial charge is 0.306 e. The Morgan fingerprint density at radius 1 is 0.309 bits per heavy atom. The normalized spacial score (nSPS) is 12.7. The Labute approximate surface area is 420 Å². The highest BCUT2D eigenvalue weighted by Gasteiger charge is 2.19. The molecule has 0 saturated carbocycles. The second-order valence-electron chi connectivity index (χ2n) is 18.8. The van der Waals surface area contributed by atoms with Gasteiger partial charge in [-0.3, -0.25) is 14.4 Å². The van der Waals surface area contributed by atoms with Gasteiger partial charge in [-0.1, -0.05) is 247 Å². The molecule has 6 heteroatoms. The van der Waals surface area contributed by atoms with E-state index in [1.54, 1.807) is 0 Å². The Hall–Kier alpha value is -3.41. The molecule has 1 unspecified atom stereocenters. The van der Waals surface area contributed by atoms with Crippen molar-refractivity contribution in [3.63, 3.8) is 0 Å². The van der Waals surface area contributed by atoms with Crippen molar-refractivity contribution >= 4 is 17.9 Å². The zero-order chi connectivity index (χ0) is 49.3. The predicted molar refractivity (Wildman–Crippen MR) is 293 cm³/mol. The van der Waals surface area contributed by atoms with E-state index in [0.29, 0.717) is 19.3 Å². The summed E-state index contributed by atoms with van der Waals surface area (Å²) in [6, 6.07) is 0. The summed E-state index contributed by atoms with van der Waals surface area (Å²) >= 11 is 0. The average Bonchev–Trinajstić information content (AvgIpc) is 3.34. The minimum Gasteiger partial charge on any atom is -0.462 e. The fourth-order valence-electron chi connectivity index (χ4n) is 7.92. The monoisotopic (exact) mass is 947 g/mol. The molecule has 0 aromatic carbocycles. The molecule has 0 aliphatic carbocycles. The number of rotatable bonds is 51. The number of allylic oxidation sites excluding steroid dienone is 14. The van der Waals surface area contributed by atoms with Gasteiger partial charge in [0.25, 0.3) is 0 Å². The molecule has 0 fully saturated rings. The minimum atomic E-state index is -0.792. The van der Waals surface area contributed by atoms with Gasteiger partial charge in [-0.05, 0) is 89.9 Å². The Balaban J connectivity index is 4.43. The fraction of sp³-hybridized carbons (Fsp3) is 0.726. The first-order valence-electron chi connectivity index (χ1n) is 28.6. The molecule has 0 amide bonds. The minimum absolute atomic E-state index is 0.0898. The van der Waals surface area contributed by atoms with Crippen molar-refractivity contribution < 1.29 is 28.6 Å². The molecule has 0 bridgehead atoms. The summed E-state index contributed by atoms with van der Waals surface area (Å²) in [5, 5.41) is 0. The molecule has 0 heterocycles. The molecule has 68 heavy (non-hydrogen) atoms. The van der Waals surface area contributed by atoms with Crippen molar-refractivity contribution in [3.8, 4) is 0 Å². The lowest BCUT2D eigenvalue weighted by molar-refractivity contribution is -0.167. The van der Waals surface area contributed by atoms with Gasteiger partial charge in [-0.25, -0.2) is 0 Å². The van der Waals surface area contributed by atoms with Gasteiger partial charge < -0.3 is 14.2 Å². The van der Waals surface area contributed by atoms with Crippen molar-refractivity contribution in [2.24, 2.45) is 0 Å². The molecule has 0 aromatic heterocycles. The van der Waals surface area contributed by atoms with Crippen molar-refractivity contribution in [3.05, 3.63) is 85.1 Å². The maximum atomic E-state index is 12.9. The molecule has 0 aromatic rings. The molecule has 0 rings (SSSR count). The van der Waals surface area contributed by atoms with E-state index in [0.717, 1.165) is 116 Å². The molecule has 0 aliphatic rings. The Bertz CT molecular complexity index is 1320. The quantitative estimate of drug-likeness (QED) is 0.0262. The molecule has 0 aliphatic heterocycles. The van der Waals surface area contributed by atoms with Gasteiger partial charge in [0.1, 0.15) is 13.2 Å². The third-order valence-electron chi connectivity index (χ3n) is 12.1. The second kappa shape index (κ2) is 56.2. The van der Waals surface area contributed by atoms with Gasteiger partial charge in [0.2, 0.25) is 0 Å². The van der Waals surface area contributed by atoms with Crippen LogP contribution >= 0.6 is 0 Å². The largest absolute Gasteiger partial charge is 0.462 e.